The fraction of sp³-hybridized carbons (Fsp3) is 0.462. The predicted octanol–water partition coefficient (Wildman–Crippen LogP) is 4.23. The molecule has 0 unspecified atom stereocenters. The second-order valence-electron chi connectivity index (χ2n) is 10.2. The molecule has 2 saturated heterocycles. The van der Waals surface area contributed by atoms with E-state index in [9.17, 15) is 0 Å². The van der Waals surface area contributed by atoms with Crippen molar-refractivity contribution < 1.29 is 0 Å². The van der Waals surface area contributed by atoms with Gasteiger partial charge in [-0.15, -0.1) is 0 Å². The maximum Gasteiger partial charge on any atom is 0.159 e. The summed E-state index contributed by atoms with van der Waals surface area (Å²) in [6.07, 6.45) is 3.50. The molecule has 13 heteroatoms. The Morgan fingerprint density at radius 3 is 1.77 bits per heavy atom. The third kappa shape index (κ3) is 7.40. The van der Waals surface area contributed by atoms with Gasteiger partial charge in [0.15, 0.2) is 11.6 Å². The van der Waals surface area contributed by atoms with Gasteiger partial charge in [0.05, 0.1) is 22.4 Å². The Morgan fingerprint density at radius 1 is 0.795 bits per heavy atom. The Kier molecular flexibility index (Phi) is 9.71. The molecular formula is C26H35BrCl2N10. The molecule has 3 aromatic rings. The number of hydrogen-bond acceptors (Lipinski definition) is 10. The summed E-state index contributed by atoms with van der Waals surface area (Å²) >= 11 is 15.6. The van der Waals surface area contributed by atoms with E-state index >= 15 is 0 Å². The topological polar surface area (TPSA) is 134 Å². The van der Waals surface area contributed by atoms with E-state index in [-0.39, 0.29) is 0 Å². The van der Waals surface area contributed by atoms with Gasteiger partial charge in [-0.25, -0.2) is 19.9 Å². The van der Waals surface area contributed by atoms with Crippen molar-refractivity contribution >= 4 is 62.4 Å². The van der Waals surface area contributed by atoms with E-state index in [2.05, 4.69) is 84.0 Å². The number of halogens is 3. The van der Waals surface area contributed by atoms with Crippen molar-refractivity contribution in [3.05, 3.63) is 45.2 Å². The van der Waals surface area contributed by atoms with Crippen LogP contribution in [0.3, 0.4) is 0 Å². The zero-order valence-electron chi connectivity index (χ0n) is 22.5. The molecule has 1 aromatic carbocycles. The van der Waals surface area contributed by atoms with Crippen LogP contribution in [0.1, 0.15) is 27.7 Å². The van der Waals surface area contributed by atoms with Crippen molar-refractivity contribution in [3.8, 4) is 11.3 Å². The minimum Gasteiger partial charge on any atom is -0.382 e. The summed E-state index contributed by atoms with van der Waals surface area (Å²) in [6, 6.07) is 7.08. The van der Waals surface area contributed by atoms with Gasteiger partial charge in [-0.1, -0.05) is 35.3 Å². The predicted molar refractivity (Wildman–Crippen MR) is 165 cm³/mol. The van der Waals surface area contributed by atoms with Crippen LogP contribution in [0, 0.1) is 0 Å². The van der Waals surface area contributed by atoms with Gasteiger partial charge < -0.3 is 31.9 Å². The fourth-order valence-corrected chi connectivity index (χ4v) is 5.58. The lowest BCUT2D eigenvalue weighted by Gasteiger charge is -2.36. The summed E-state index contributed by atoms with van der Waals surface area (Å²) in [5.41, 5.74) is 13.1. The van der Waals surface area contributed by atoms with Crippen molar-refractivity contribution in [2.45, 2.75) is 51.9 Å². The fourth-order valence-electron chi connectivity index (χ4n) is 5.00. The summed E-state index contributed by atoms with van der Waals surface area (Å²) in [4.78, 5) is 21.9. The Balaban J connectivity index is 0.000000193. The van der Waals surface area contributed by atoms with E-state index in [1.54, 1.807) is 18.5 Å². The molecule has 210 valence electrons. The molecule has 2 aliphatic rings. The van der Waals surface area contributed by atoms with Gasteiger partial charge in [-0.2, -0.15) is 0 Å². The SMILES string of the molecule is C[C@@H]1CN(c2cnc(-c3cccc(Cl)c3Cl)c(N)n2)C[C@H](C)N1.C[C@@H]1CN(c2cnc(Br)c(N)n2)C[C@H](C)N1. The molecule has 6 N–H and O–H groups in total. The average Bonchev–Trinajstić information content (AvgIpc) is 2.87. The summed E-state index contributed by atoms with van der Waals surface area (Å²) < 4.78 is 0.604. The van der Waals surface area contributed by atoms with Crippen LogP contribution in [0.5, 0.6) is 0 Å². The molecule has 4 heterocycles. The maximum atomic E-state index is 6.25. The Morgan fingerprint density at radius 2 is 1.28 bits per heavy atom. The van der Waals surface area contributed by atoms with Crippen LogP contribution in [0.25, 0.3) is 11.3 Å². The first-order valence-corrected chi connectivity index (χ1v) is 14.4. The number of anilines is 4. The van der Waals surface area contributed by atoms with E-state index in [4.69, 9.17) is 34.7 Å². The number of aromatic nitrogens is 4. The summed E-state index contributed by atoms with van der Waals surface area (Å²) in [6.45, 7) is 12.2. The molecule has 5 rings (SSSR count). The van der Waals surface area contributed by atoms with Crippen molar-refractivity contribution in [3.63, 3.8) is 0 Å². The second-order valence-corrected chi connectivity index (χ2v) is 11.8. The van der Waals surface area contributed by atoms with Crippen LogP contribution >= 0.6 is 39.1 Å². The third-order valence-electron chi connectivity index (χ3n) is 6.50. The number of nitrogens with one attached hydrogen (secondary N) is 2. The van der Waals surface area contributed by atoms with Gasteiger partial charge >= 0.3 is 0 Å². The monoisotopic (exact) mass is 636 g/mol. The van der Waals surface area contributed by atoms with E-state index in [1.165, 1.54) is 0 Å². The maximum absolute atomic E-state index is 6.25. The van der Waals surface area contributed by atoms with Gasteiger partial charge in [-0.05, 0) is 49.7 Å². The molecule has 0 spiro atoms. The van der Waals surface area contributed by atoms with E-state index in [0.29, 0.717) is 61.7 Å². The minimum atomic E-state index is 0.352. The highest BCUT2D eigenvalue weighted by Crippen LogP contribution is 2.35. The first-order valence-electron chi connectivity index (χ1n) is 12.9. The summed E-state index contributed by atoms with van der Waals surface area (Å²) in [5, 5.41) is 7.87. The van der Waals surface area contributed by atoms with Crippen LogP contribution in [-0.4, -0.2) is 70.3 Å². The van der Waals surface area contributed by atoms with Gasteiger partial charge in [0.2, 0.25) is 0 Å². The molecule has 4 atom stereocenters. The molecular weight excluding hydrogens is 603 g/mol. The summed E-state index contributed by atoms with van der Waals surface area (Å²) in [5.74, 6) is 2.42. The van der Waals surface area contributed by atoms with Crippen LogP contribution in [0.4, 0.5) is 23.3 Å². The quantitative estimate of drug-likeness (QED) is 0.331. The molecule has 0 saturated carbocycles. The van der Waals surface area contributed by atoms with Gasteiger partial charge in [0.1, 0.15) is 21.9 Å². The second kappa shape index (κ2) is 12.8. The zero-order chi connectivity index (χ0) is 28.3. The molecule has 0 aliphatic carbocycles. The summed E-state index contributed by atoms with van der Waals surface area (Å²) in [7, 11) is 0. The largest absolute Gasteiger partial charge is 0.382 e. The van der Waals surface area contributed by atoms with Crippen LogP contribution in [0.2, 0.25) is 10.0 Å². The number of rotatable bonds is 3. The molecule has 2 fully saturated rings. The van der Waals surface area contributed by atoms with Crippen molar-refractivity contribution in [2.24, 2.45) is 0 Å². The molecule has 2 aliphatic heterocycles. The van der Waals surface area contributed by atoms with E-state index in [1.807, 2.05) is 12.1 Å². The number of nitrogens with two attached hydrogens (primary N) is 2. The Labute approximate surface area is 248 Å². The van der Waals surface area contributed by atoms with Crippen molar-refractivity contribution in [2.75, 3.05) is 47.4 Å². The van der Waals surface area contributed by atoms with Crippen molar-refractivity contribution in [1.29, 1.82) is 0 Å². The Bertz CT molecular complexity index is 1280. The number of nitrogens with zero attached hydrogens (tertiary/aromatic N) is 6. The molecule has 39 heavy (non-hydrogen) atoms. The highest BCUT2D eigenvalue weighted by molar-refractivity contribution is 9.10. The van der Waals surface area contributed by atoms with Crippen molar-refractivity contribution in [1.82, 2.24) is 30.6 Å². The van der Waals surface area contributed by atoms with Crippen LogP contribution in [0.15, 0.2) is 35.2 Å². The average molecular weight is 638 g/mol. The standard InChI is InChI=1S/C16H19Cl2N5.C10H16BrN5/c1-9-7-23(8-10(2)21-9)13-6-20-15(16(19)22-13)11-4-3-5-12(17)14(11)18;1-6-4-16(5-7(2)14-6)8-3-13-9(11)10(12)15-8/h3-6,9-10,21H,7-8H2,1-2H3,(H2,19,22);3,6-7,14H,4-5H2,1-2H3,(H2,12,15)/t9-,10+;6-,7+. The minimum absolute atomic E-state index is 0.352. The van der Waals surface area contributed by atoms with E-state index in [0.717, 1.165) is 37.8 Å². The molecule has 0 bridgehead atoms. The smallest absolute Gasteiger partial charge is 0.159 e. The first-order chi connectivity index (χ1) is 18.5. The highest BCUT2D eigenvalue weighted by Gasteiger charge is 2.24. The lowest BCUT2D eigenvalue weighted by molar-refractivity contribution is 0.405. The normalized spacial score (nSPS) is 23.3. The molecule has 0 amide bonds. The zero-order valence-corrected chi connectivity index (χ0v) is 25.6. The molecule has 0 radical (unpaired) electrons. The van der Waals surface area contributed by atoms with E-state index < -0.39 is 0 Å². The number of nitrogen functional groups attached to an aromatic ring is 2. The van der Waals surface area contributed by atoms with Gasteiger partial charge in [0.25, 0.3) is 0 Å². The third-order valence-corrected chi connectivity index (χ3v) is 7.93. The molecule has 2 aromatic heterocycles. The Hall–Kier alpha value is -2.44. The lowest BCUT2D eigenvalue weighted by atomic mass is 10.1. The lowest BCUT2D eigenvalue weighted by Crippen LogP contribution is -2.54. The van der Waals surface area contributed by atoms with Crippen LogP contribution in [-0.2, 0) is 0 Å². The highest BCUT2D eigenvalue weighted by atomic mass is 79.9. The van der Waals surface area contributed by atoms with Gasteiger partial charge in [0, 0.05) is 55.9 Å². The molecule has 10 nitrogen and oxygen atoms in total. The number of hydrogen-bond donors (Lipinski definition) is 4. The van der Waals surface area contributed by atoms with Crippen LogP contribution < -0.4 is 31.9 Å². The number of benzene rings is 1. The number of piperazine rings is 2. The first kappa shape index (κ1) is 29.5. The van der Waals surface area contributed by atoms with Gasteiger partial charge in [-0.3, -0.25) is 0 Å².